The fourth-order valence-electron chi connectivity index (χ4n) is 5.41. The van der Waals surface area contributed by atoms with Crippen LogP contribution in [-0.4, -0.2) is 82.8 Å². The Morgan fingerprint density at radius 1 is 0.911 bits per heavy atom. The number of aromatic nitrogens is 3. The van der Waals surface area contributed by atoms with E-state index in [1.165, 1.54) is 5.56 Å². The maximum absolute atomic E-state index is 12.0. The first-order valence-electron chi connectivity index (χ1n) is 15.2. The van der Waals surface area contributed by atoms with Gasteiger partial charge in [0.25, 0.3) is 0 Å². The molecule has 0 bridgehead atoms. The van der Waals surface area contributed by atoms with Gasteiger partial charge in [-0.15, -0.1) is 5.06 Å². The topological polar surface area (TPSA) is 91.2 Å². The number of imidazole rings is 1. The highest BCUT2D eigenvalue weighted by Crippen LogP contribution is 2.30. The van der Waals surface area contributed by atoms with Gasteiger partial charge in [-0.3, -0.25) is 9.47 Å². The summed E-state index contributed by atoms with van der Waals surface area (Å²) in [5, 5.41) is 2.75. The molecule has 1 aliphatic rings. The van der Waals surface area contributed by atoms with Crippen LogP contribution in [-0.2, 0) is 20.9 Å². The molecule has 234 valence electrons. The minimum atomic E-state index is -0.655. The van der Waals surface area contributed by atoms with E-state index in [0.717, 1.165) is 64.3 Å². The van der Waals surface area contributed by atoms with Crippen molar-refractivity contribution in [2.45, 2.75) is 32.9 Å². The second-order valence-electron chi connectivity index (χ2n) is 12.1. The fourth-order valence-corrected chi connectivity index (χ4v) is 5.41. The van der Waals surface area contributed by atoms with Crippen molar-refractivity contribution in [3.05, 3.63) is 84.7 Å². The summed E-state index contributed by atoms with van der Waals surface area (Å²) in [6.45, 7) is 10.2. The van der Waals surface area contributed by atoms with Crippen LogP contribution in [0.5, 0.6) is 5.75 Å². The van der Waals surface area contributed by atoms with Crippen LogP contribution >= 0.6 is 0 Å². The van der Waals surface area contributed by atoms with E-state index in [-0.39, 0.29) is 0 Å². The third kappa shape index (κ3) is 7.42. The predicted molar refractivity (Wildman–Crippen MR) is 173 cm³/mol. The molecule has 0 spiro atoms. The molecule has 45 heavy (non-hydrogen) atoms. The molecule has 0 amide bonds. The Kier molecular flexibility index (Phi) is 8.97. The summed E-state index contributed by atoms with van der Waals surface area (Å²) in [5.41, 5.74) is 5.57. The lowest BCUT2D eigenvalue weighted by molar-refractivity contribution is -0.158. The number of piperazine rings is 1. The molecule has 10 heteroatoms. The van der Waals surface area contributed by atoms with Crippen molar-refractivity contribution in [1.82, 2.24) is 24.5 Å². The average molecular weight is 610 g/mol. The Hall–Kier alpha value is -4.51. The molecule has 0 saturated carbocycles. The van der Waals surface area contributed by atoms with Crippen molar-refractivity contribution in [3.63, 3.8) is 0 Å². The van der Waals surface area contributed by atoms with Gasteiger partial charge < -0.3 is 19.0 Å². The van der Waals surface area contributed by atoms with E-state index in [4.69, 9.17) is 24.0 Å². The van der Waals surface area contributed by atoms with E-state index in [0.29, 0.717) is 26.3 Å². The molecule has 3 heterocycles. The highest BCUT2D eigenvalue weighted by atomic mass is 16.8. The number of pyridine rings is 1. The molecule has 1 aliphatic heterocycles. The molecular weight excluding hydrogens is 570 g/mol. The number of hydrogen-bond acceptors (Lipinski definition) is 9. The summed E-state index contributed by atoms with van der Waals surface area (Å²) in [6, 6.07) is 25.0. The maximum atomic E-state index is 12.0. The van der Waals surface area contributed by atoms with E-state index >= 15 is 0 Å². The highest BCUT2D eigenvalue weighted by Gasteiger charge is 2.24. The van der Waals surface area contributed by atoms with Gasteiger partial charge >= 0.3 is 6.16 Å². The smallest absolute Gasteiger partial charge is 0.491 e. The quantitative estimate of drug-likeness (QED) is 0.142. The number of methoxy groups -OCH3 is 1. The molecule has 0 unspecified atom stereocenters. The molecule has 1 saturated heterocycles. The molecule has 0 atom stereocenters. The van der Waals surface area contributed by atoms with Crippen LogP contribution in [0.25, 0.3) is 38.9 Å². The van der Waals surface area contributed by atoms with Gasteiger partial charge in [0.1, 0.15) is 30.1 Å². The lowest BCUT2D eigenvalue weighted by Crippen LogP contribution is -2.47. The zero-order valence-electron chi connectivity index (χ0n) is 26.2. The van der Waals surface area contributed by atoms with Crippen LogP contribution in [0.4, 0.5) is 4.79 Å². The van der Waals surface area contributed by atoms with Crippen LogP contribution in [0.3, 0.4) is 0 Å². The Balaban J connectivity index is 1.14. The first kappa shape index (κ1) is 30.5. The first-order valence-corrected chi connectivity index (χ1v) is 15.2. The number of hydroxylamine groups is 2. The third-order valence-electron chi connectivity index (χ3n) is 7.62. The molecule has 0 aliphatic carbocycles. The number of para-hydroxylation sites is 1. The van der Waals surface area contributed by atoms with Crippen molar-refractivity contribution in [3.8, 4) is 22.7 Å². The van der Waals surface area contributed by atoms with Gasteiger partial charge in [-0.25, -0.2) is 14.8 Å². The largest absolute Gasteiger partial charge is 0.528 e. The zero-order valence-corrected chi connectivity index (χ0v) is 26.2. The number of ether oxygens (including phenoxy) is 3. The standard InChI is InChI=1S/C35H39N5O5/c1-35(2,3)44-34(41)45-39-18-16-38(17-19-39)23-25-8-10-26(11-9-25)29-7-5-6-27-12-15-32(37-33(27)29)40-24-36-30-22-28(13-14-31(30)40)43-21-20-42-4/h5-15,22,24H,16-21,23H2,1-4H3. The average Bonchev–Trinajstić information content (AvgIpc) is 3.44. The summed E-state index contributed by atoms with van der Waals surface area (Å²) < 4.78 is 18.1. The van der Waals surface area contributed by atoms with E-state index in [9.17, 15) is 4.79 Å². The van der Waals surface area contributed by atoms with Gasteiger partial charge in [-0.05, 0) is 56.2 Å². The Morgan fingerprint density at radius 2 is 1.71 bits per heavy atom. The minimum absolute atomic E-state index is 0.489. The molecule has 6 rings (SSSR count). The highest BCUT2D eigenvalue weighted by molar-refractivity contribution is 5.94. The second kappa shape index (κ2) is 13.2. The zero-order chi connectivity index (χ0) is 31.4. The molecule has 1 fully saturated rings. The number of nitrogens with zero attached hydrogens (tertiary/aromatic N) is 5. The Morgan fingerprint density at radius 3 is 2.47 bits per heavy atom. The normalized spacial score (nSPS) is 14.6. The minimum Gasteiger partial charge on any atom is -0.491 e. The van der Waals surface area contributed by atoms with Gasteiger partial charge in [0.15, 0.2) is 0 Å². The van der Waals surface area contributed by atoms with Gasteiger partial charge in [-0.2, -0.15) is 0 Å². The van der Waals surface area contributed by atoms with Crippen molar-refractivity contribution in [1.29, 1.82) is 0 Å². The molecule has 3 aromatic carbocycles. The summed E-state index contributed by atoms with van der Waals surface area (Å²) in [7, 11) is 1.66. The summed E-state index contributed by atoms with van der Waals surface area (Å²) in [5.74, 6) is 1.56. The van der Waals surface area contributed by atoms with Crippen molar-refractivity contribution in [2.75, 3.05) is 46.5 Å². The van der Waals surface area contributed by atoms with Crippen LogP contribution in [0.15, 0.2) is 79.1 Å². The molecule has 2 aromatic heterocycles. The molecular formula is C35H39N5O5. The van der Waals surface area contributed by atoms with E-state index < -0.39 is 11.8 Å². The van der Waals surface area contributed by atoms with Crippen molar-refractivity contribution in [2.24, 2.45) is 0 Å². The number of carbonyl (C=O) groups is 1. The molecule has 10 nitrogen and oxygen atoms in total. The lowest BCUT2D eigenvalue weighted by atomic mass is 10.0. The lowest BCUT2D eigenvalue weighted by Gasteiger charge is -2.33. The van der Waals surface area contributed by atoms with E-state index in [2.05, 4.69) is 58.4 Å². The molecule has 0 N–H and O–H groups in total. The summed E-state index contributed by atoms with van der Waals surface area (Å²) >= 11 is 0. The van der Waals surface area contributed by atoms with Crippen LogP contribution in [0.2, 0.25) is 0 Å². The fraction of sp³-hybridized carbons (Fsp3) is 0.343. The van der Waals surface area contributed by atoms with Crippen molar-refractivity contribution >= 4 is 28.1 Å². The van der Waals surface area contributed by atoms with Crippen LogP contribution in [0.1, 0.15) is 26.3 Å². The number of hydrogen-bond donors (Lipinski definition) is 0. The Labute approximate surface area is 263 Å². The first-order chi connectivity index (χ1) is 21.8. The number of rotatable bonds is 9. The monoisotopic (exact) mass is 609 g/mol. The van der Waals surface area contributed by atoms with Crippen molar-refractivity contribution < 1.29 is 23.8 Å². The van der Waals surface area contributed by atoms with Gasteiger partial charge in [-0.1, -0.05) is 42.5 Å². The van der Waals surface area contributed by atoms with Crippen LogP contribution in [0, 0.1) is 0 Å². The Bertz CT molecular complexity index is 1770. The summed E-state index contributed by atoms with van der Waals surface area (Å²) in [4.78, 5) is 29.4. The van der Waals surface area contributed by atoms with Crippen LogP contribution < -0.4 is 4.74 Å². The SMILES string of the molecule is COCCOc1ccc2c(c1)ncn2-c1ccc2cccc(-c3ccc(CN4CCN(OC(=O)OC(C)(C)C)CC4)cc3)c2n1. The number of benzene rings is 3. The number of fused-ring (bicyclic) bond motifs is 2. The van der Waals surface area contributed by atoms with Gasteiger partial charge in [0.2, 0.25) is 0 Å². The third-order valence-corrected chi connectivity index (χ3v) is 7.62. The predicted octanol–water partition coefficient (Wildman–Crippen LogP) is 6.25. The van der Waals surface area contributed by atoms with Gasteiger partial charge in [0.05, 0.1) is 23.2 Å². The van der Waals surface area contributed by atoms with E-state index in [1.54, 1.807) is 18.5 Å². The summed E-state index contributed by atoms with van der Waals surface area (Å²) in [6.07, 6.45) is 1.15. The number of carbonyl (C=O) groups excluding carboxylic acids is 1. The van der Waals surface area contributed by atoms with E-state index in [1.807, 2.05) is 49.6 Å². The van der Waals surface area contributed by atoms with Gasteiger partial charge in [0, 0.05) is 56.8 Å². The molecule has 5 aromatic rings. The second-order valence-corrected chi connectivity index (χ2v) is 12.1. The maximum Gasteiger partial charge on any atom is 0.528 e. The molecule has 0 radical (unpaired) electrons.